The zero-order valence-electron chi connectivity index (χ0n) is 23.1. The highest BCUT2D eigenvalue weighted by Crippen LogP contribution is 2.30. The Morgan fingerprint density at radius 1 is 0.976 bits per heavy atom. The molecule has 0 radical (unpaired) electrons. The standard InChI is InChI=1S/C31H29N5O6/c1-19-7-6-10-23(15-19)34-30(41)32-17-22-11-12-25-24(16-22)27(38)36(20(2)33-25)31(14-13-26(37)35-28(31)39)29(40)42-18-21-8-4-3-5-9-21/h3-12,15-16H,13-14,17-18H2,1-2H3,(H2,32,34,41)(H,35,37,39)/t31-/m0/s1. The quantitative estimate of drug-likeness (QED) is 0.176. The first kappa shape index (κ1) is 28.2. The van der Waals surface area contributed by atoms with Crippen LogP contribution in [0.4, 0.5) is 10.5 Å². The molecule has 11 nitrogen and oxygen atoms in total. The number of piperidine rings is 1. The van der Waals surface area contributed by atoms with Gasteiger partial charge in [0.2, 0.25) is 11.4 Å². The molecule has 4 amide bonds. The van der Waals surface area contributed by atoms with Gasteiger partial charge in [-0.25, -0.2) is 14.6 Å². The number of hydrogen-bond acceptors (Lipinski definition) is 7. The fraction of sp³-hybridized carbons (Fsp3) is 0.226. The fourth-order valence-electron chi connectivity index (χ4n) is 5.03. The Morgan fingerprint density at radius 3 is 2.50 bits per heavy atom. The molecule has 1 fully saturated rings. The number of aryl methyl sites for hydroxylation is 2. The van der Waals surface area contributed by atoms with Crippen LogP contribution in [0.15, 0.2) is 77.6 Å². The summed E-state index contributed by atoms with van der Waals surface area (Å²) in [5.41, 5.74) is 0.498. The van der Waals surface area contributed by atoms with E-state index >= 15 is 0 Å². The van der Waals surface area contributed by atoms with Crippen molar-refractivity contribution in [2.75, 3.05) is 5.32 Å². The van der Waals surface area contributed by atoms with Gasteiger partial charge in [-0.1, -0.05) is 48.5 Å². The number of rotatable bonds is 7. The first-order chi connectivity index (χ1) is 20.2. The van der Waals surface area contributed by atoms with Crippen molar-refractivity contribution in [3.8, 4) is 0 Å². The van der Waals surface area contributed by atoms with Gasteiger partial charge in [-0.2, -0.15) is 0 Å². The number of aromatic nitrogens is 2. The van der Waals surface area contributed by atoms with Crippen molar-refractivity contribution in [3.05, 3.63) is 106 Å². The van der Waals surface area contributed by atoms with Crippen LogP contribution in [0, 0.1) is 13.8 Å². The van der Waals surface area contributed by atoms with E-state index in [0.29, 0.717) is 22.3 Å². The van der Waals surface area contributed by atoms with Crippen molar-refractivity contribution >= 4 is 40.4 Å². The van der Waals surface area contributed by atoms with Crippen molar-refractivity contribution in [2.45, 2.75) is 45.4 Å². The Hall–Kier alpha value is -5.32. The van der Waals surface area contributed by atoms with Gasteiger partial charge in [-0.15, -0.1) is 0 Å². The maximum Gasteiger partial charge on any atom is 0.342 e. The number of urea groups is 1. The van der Waals surface area contributed by atoms with E-state index < -0.39 is 34.9 Å². The van der Waals surface area contributed by atoms with Gasteiger partial charge in [-0.3, -0.25) is 24.3 Å². The van der Waals surface area contributed by atoms with E-state index in [1.807, 2.05) is 31.2 Å². The van der Waals surface area contributed by atoms with Crippen LogP contribution in [0.25, 0.3) is 10.9 Å². The average Bonchev–Trinajstić information content (AvgIpc) is 2.96. The second-order valence-corrected chi connectivity index (χ2v) is 10.1. The van der Waals surface area contributed by atoms with Crippen molar-refractivity contribution in [3.63, 3.8) is 0 Å². The van der Waals surface area contributed by atoms with Gasteiger partial charge in [0, 0.05) is 18.7 Å². The van der Waals surface area contributed by atoms with Crippen molar-refractivity contribution in [1.29, 1.82) is 0 Å². The molecular weight excluding hydrogens is 538 g/mol. The summed E-state index contributed by atoms with van der Waals surface area (Å²) in [7, 11) is 0. The monoisotopic (exact) mass is 567 g/mol. The minimum atomic E-state index is -2.13. The number of ether oxygens (including phenoxy) is 1. The molecule has 4 aromatic rings. The molecule has 1 aromatic heterocycles. The van der Waals surface area contributed by atoms with Gasteiger partial charge < -0.3 is 15.4 Å². The number of fused-ring (bicyclic) bond motifs is 1. The number of nitrogens with one attached hydrogen (secondary N) is 3. The lowest BCUT2D eigenvalue weighted by molar-refractivity contribution is -0.164. The summed E-state index contributed by atoms with van der Waals surface area (Å²) in [4.78, 5) is 70.0. The zero-order valence-corrected chi connectivity index (χ0v) is 23.1. The number of carbonyl (C=O) groups excluding carboxylic acids is 4. The van der Waals surface area contributed by atoms with Gasteiger partial charge in [0.1, 0.15) is 12.4 Å². The molecule has 42 heavy (non-hydrogen) atoms. The molecule has 1 atom stereocenters. The molecule has 0 spiro atoms. The molecule has 1 saturated heterocycles. The second kappa shape index (κ2) is 11.7. The van der Waals surface area contributed by atoms with Crippen molar-refractivity contribution < 1.29 is 23.9 Å². The summed E-state index contributed by atoms with van der Waals surface area (Å²) in [6, 6.07) is 20.8. The Bertz CT molecular complexity index is 1770. The van der Waals surface area contributed by atoms with E-state index in [2.05, 4.69) is 20.9 Å². The molecule has 1 aliphatic heterocycles. The van der Waals surface area contributed by atoms with E-state index in [0.717, 1.165) is 10.1 Å². The molecule has 214 valence electrons. The summed E-state index contributed by atoms with van der Waals surface area (Å²) in [5.74, 6) is -2.36. The Balaban J connectivity index is 1.46. The van der Waals surface area contributed by atoms with Crippen LogP contribution in [0.3, 0.4) is 0 Å². The number of benzene rings is 3. The van der Waals surface area contributed by atoms with E-state index in [-0.39, 0.29) is 37.2 Å². The van der Waals surface area contributed by atoms with Crippen LogP contribution in [0.2, 0.25) is 0 Å². The second-order valence-electron chi connectivity index (χ2n) is 10.1. The Morgan fingerprint density at radius 2 is 1.76 bits per heavy atom. The number of esters is 1. The topological polar surface area (TPSA) is 148 Å². The number of carbonyl (C=O) groups is 4. The Kier molecular flexibility index (Phi) is 7.83. The first-order valence-corrected chi connectivity index (χ1v) is 13.4. The molecule has 3 N–H and O–H groups in total. The highest BCUT2D eigenvalue weighted by molar-refractivity contribution is 6.13. The zero-order chi connectivity index (χ0) is 29.9. The summed E-state index contributed by atoms with van der Waals surface area (Å²) >= 11 is 0. The van der Waals surface area contributed by atoms with E-state index in [1.54, 1.807) is 48.5 Å². The number of imide groups is 1. The van der Waals surface area contributed by atoms with Gasteiger partial charge >= 0.3 is 12.0 Å². The summed E-state index contributed by atoms with van der Waals surface area (Å²) in [6.45, 7) is 3.41. The molecule has 5 rings (SSSR count). The van der Waals surface area contributed by atoms with Crippen LogP contribution in [0.1, 0.15) is 35.4 Å². The van der Waals surface area contributed by atoms with Crippen LogP contribution in [-0.2, 0) is 37.8 Å². The molecule has 0 bridgehead atoms. The largest absolute Gasteiger partial charge is 0.459 e. The maximum absolute atomic E-state index is 14.0. The number of amides is 4. The van der Waals surface area contributed by atoms with Gasteiger partial charge in [0.15, 0.2) is 0 Å². The van der Waals surface area contributed by atoms with Crippen LogP contribution >= 0.6 is 0 Å². The minimum absolute atomic E-state index is 0.0974. The van der Waals surface area contributed by atoms with E-state index in [9.17, 15) is 24.0 Å². The van der Waals surface area contributed by atoms with Gasteiger partial charge in [0.25, 0.3) is 11.5 Å². The molecule has 0 unspecified atom stereocenters. The summed E-state index contributed by atoms with van der Waals surface area (Å²) in [6.07, 6.45) is -0.435. The lowest BCUT2D eigenvalue weighted by Crippen LogP contribution is -2.62. The smallest absolute Gasteiger partial charge is 0.342 e. The van der Waals surface area contributed by atoms with Crippen LogP contribution < -0.4 is 21.5 Å². The third-order valence-electron chi connectivity index (χ3n) is 7.10. The van der Waals surface area contributed by atoms with Crippen molar-refractivity contribution in [2.24, 2.45) is 0 Å². The number of hydrogen-bond donors (Lipinski definition) is 3. The van der Waals surface area contributed by atoms with Crippen molar-refractivity contribution in [1.82, 2.24) is 20.2 Å². The minimum Gasteiger partial charge on any atom is -0.459 e. The Labute approximate surface area is 240 Å². The first-order valence-electron chi connectivity index (χ1n) is 13.4. The molecule has 11 heteroatoms. The summed E-state index contributed by atoms with van der Waals surface area (Å²) < 4.78 is 6.56. The molecular formula is C31H29N5O6. The third-order valence-corrected chi connectivity index (χ3v) is 7.10. The van der Waals surface area contributed by atoms with Gasteiger partial charge in [0.05, 0.1) is 10.9 Å². The SMILES string of the molecule is Cc1cccc(NC(=O)NCc2ccc3nc(C)n([C@@]4(C(=O)OCc5ccccc5)CCC(=O)NC4=O)c(=O)c3c2)c1. The third kappa shape index (κ3) is 5.62. The fourth-order valence-corrected chi connectivity index (χ4v) is 5.03. The molecule has 0 saturated carbocycles. The number of anilines is 1. The lowest BCUT2D eigenvalue weighted by Gasteiger charge is -2.35. The van der Waals surface area contributed by atoms with E-state index in [1.165, 1.54) is 6.92 Å². The lowest BCUT2D eigenvalue weighted by atomic mass is 9.87. The van der Waals surface area contributed by atoms with Gasteiger partial charge in [-0.05, 0) is 61.2 Å². The normalized spacial score (nSPS) is 16.5. The number of nitrogens with zero attached hydrogens (tertiary/aromatic N) is 2. The highest BCUT2D eigenvalue weighted by Gasteiger charge is 2.54. The van der Waals surface area contributed by atoms with Crippen LogP contribution in [0.5, 0.6) is 0 Å². The predicted octanol–water partition coefficient (Wildman–Crippen LogP) is 3.21. The molecule has 1 aliphatic rings. The molecule has 2 heterocycles. The average molecular weight is 568 g/mol. The molecule has 3 aromatic carbocycles. The summed E-state index contributed by atoms with van der Waals surface area (Å²) in [5, 5.41) is 7.85. The van der Waals surface area contributed by atoms with E-state index in [4.69, 9.17) is 4.74 Å². The van der Waals surface area contributed by atoms with Crippen LogP contribution in [-0.4, -0.2) is 33.4 Å². The molecule has 0 aliphatic carbocycles. The highest BCUT2D eigenvalue weighted by atomic mass is 16.5. The predicted molar refractivity (Wildman–Crippen MR) is 154 cm³/mol. The maximum atomic E-state index is 14.0.